The minimum Gasteiger partial charge on any atom is -0.389 e. The average Bonchev–Trinajstić information content (AvgIpc) is 3.11. The van der Waals surface area contributed by atoms with E-state index in [1.807, 2.05) is 18.2 Å². The highest BCUT2D eigenvalue weighted by Crippen LogP contribution is 2.46. The van der Waals surface area contributed by atoms with Crippen molar-refractivity contribution in [2.45, 2.75) is 44.8 Å². The molecule has 6 heteroatoms. The predicted octanol–water partition coefficient (Wildman–Crippen LogP) is 2.54. The third-order valence-corrected chi connectivity index (χ3v) is 5.34. The highest BCUT2D eigenvalue weighted by atomic mass is 35.5. The highest BCUT2D eigenvalue weighted by Gasteiger charge is 2.52. The van der Waals surface area contributed by atoms with E-state index in [2.05, 4.69) is 0 Å². The second-order valence-electron chi connectivity index (χ2n) is 6.73. The minimum atomic E-state index is -0.892. The van der Waals surface area contributed by atoms with Crippen LogP contribution in [0.2, 0.25) is 5.02 Å². The van der Waals surface area contributed by atoms with Gasteiger partial charge in [-0.2, -0.15) is 0 Å². The molecule has 0 aromatic heterocycles. The Bertz CT molecular complexity index is 627. The Kier molecular flexibility index (Phi) is 5.23. The van der Waals surface area contributed by atoms with Gasteiger partial charge in [0, 0.05) is 11.4 Å². The molecule has 1 atom stereocenters. The van der Waals surface area contributed by atoms with Crippen LogP contribution >= 0.6 is 11.6 Å². The maximum absolute atomic E-state index is 12.6. The first-order valence-corrected chi connectivity index (χ1v) is 8.74. The molecular formula is C18H22ClNO4. The number of amides is 2. The third-order valence-electron chi connectivity index (χ3n) is 4.97. The van der Waals surface area contributed by atoms with Crippen molar-refractivity contribution in [2.75, 3.05) is 13.2 Å². The second-order valence-corrected chi connectivity index (χ2v) is 7.14. The standard InChI is InChI=1S/C18H22ClNO4/c19-15-6-2-1-5-13(15)11-24-12-14(21)10-20-16(22)9-18(17(20)23)7-3-4-8-18/h1-2,5-6,14,21H,3-4,7-12H2/t14-/m1/s1. The molecule has 0 radical (unpaired) electrons. The maximum atomic E-state index is 12.6. The summed E-state index contributed by atoms with van der Waals surface area (Å²) in [5, 5.41) is 10.7. The first kappa shape index (κ1) is 17.4. The molecule has 24 heavy (non-hydrogen) atoms. The Labute approximate surface area is 146 Å². The number of imide groups is 1. The number of carbonyl (C=O) groups is 2. The van der Waals surface area contributed by atoms with Crippen molar-refractivity contribution in [2.24, 2.45) is 5.41 Å². The molecule has 2 fully saturated rings. The lowest BCUT2D eigenvalue weighted by Gasteiger charge is -2.22. The van der Waals surface area contributed by atoms with Crippen LogP contribution in [0, 0.1) is 5.41 Å². The summed E-state index contributed by atoms with van der Waals surface area (Å²) < 4.78 is 5.48. The number of aliphatic hydroxyl groups is 1. The molecule has 5 nitrogen and oxygen atoms in total. The van der Waals surface area contributed by atoms with Crippen LogP contribution in [0.15, 0.2) is 24.3 Å². The van der Waals surface area contributed by atoms with E-state index in [9.17, 15) is 14.7 Å². The van der Waals surface area contributed by atoms with Crippen LogP contribution < -0.4 is 0 Å². The number of halogens is 1. The van der Waals surface area contributed by atoms with E-state index in [4.69, 9.17) is 16.3 Å². The predicted molar refractivity (Wildman–Crippen MR) is 89.4 cm³/mol. The number of hydrogen-bond donors (Lipinski definition) is 1. The zero-order chi connectivity index (χ0) is 17.2. The van der Waals surface area contributed by atoms with Crippen molar-refractivity contribution < 1.29 is 19.4 Å². The molecule has 1 aromatic carbocycles. The van der Waals surface area contributed by atoms with Crippen LogP contribution in [0.25, 0.3) is 0 Å². The molecule has 1 aliphatic carbocycles. The van der Waals surface area contributed by atoms with Crippen molar-refractivity contribution in [3.8, 4) is 0 Å². The van der Waals surface area contributed by atoms with Crippen LogP contribution in [0.3, 0.4) is 0 Å². The van der Waals surface area contributed by atoms with Crippen molar-refractivity contribution in [3.63, 3.8) is 0 Å². The van der Waals surface area contributed by atoms with Gasteiger partial charge in [-0.1, -0.05) is 42.6 Å². The molecular weight excluding hydrogens is 330 g/mol. The molecule has 0 bridgehead atoms. The van der Waals surface area contributed by atoms with Crippen molar-refractivity contribution in [1.29, 1.82) is 0 Å². The molecule has 1 heterocycles. The Balaban J connectivity index is 1.50. The SMILES string of the molecule is O=C1CC2(CCCC2)C(=O)N1C[C@@H](O)COCc1ccccc1Cl. The molecule has 2 aliphatic rings. The maximum Gasteiger partial charge on any atom is 0.235 e. The first-order valence-electron chi connectivity index (χ1n) is 8.36. The summed E-state index contributed by atoms with van der Waals surface area (Å²) in [4.78, 5) is 25.9. The highest BCUT2D eigenvalue weighted by molar-refractivity contribution is 6.31. The zero-order valence-corrected chi connectivity index (χ0v) is 14.3. The van der Waals surface area contributed by atoms with Crippen molar-refractivity contribution in [3.05, 3.63) is 34.9 Å². The van der Waals surface area contributed by atoms with Crippen LogP contribution in [0.5, 0.6) is 0 Å². The molecule has 130 valence electrons. The average molecular weight is 352 g/mol. The fraction of sp³-hybridized carbons (Fsp3) is 0.556. The third kappa shape index (κ3) is 3.48. The van der Waals surface area contributed by atoms with Gasteiger partial charge in [-0.05, 0) is 24.5 Å². The zero-order valence-electron chi connectivity index (χ0n) is 13.5. The molecule has 1 aliphatic heterocycles. The Hall–Kier alpha value is -1.43. The number of ether oxygens (including phenoxy) is 1. The van der Waals surface area contributed by atoms with E-state index in [0.29, 0.717) is 11.4 Å². The summed E-state index contributed by atoms with van der Waals surface area (Å²) in [6.45, 7) is 0.333. The van der Waals surface area contributed by atoms with Crippen molar-refractivity contribution >= 4 is 23.4 Å². The molecule has 2 amide bonds. The topological polar surface area (TPSA) is 66.8 Å². The summed E-state index contributed by atoms with van der Waals surface area (Å²) in [6, 6.07) is 7.33. The number of β-amino-alcohol motifs (C(OH)–C–C–N with tert-alkyl or cyclic N) is 1. The van der Waals surface area contributed by atoms with E-state index in [1.165, 1.54) is 4.90 Å². The number of nitrogens with zero attached hydrogens (tertiary/aromatic N) is 1. The molecule has 1 saturated carbocycles. The van der Waals surface area contributed by atoms with Crippen LogP contribution in [-0.4, -0.2) is 41.1 Å². The Morgan fingerprint density at radius 3 is 2.67 bits per heavy atom. The fourth-order valence-corrected chi connectivity index (χ4v) is 3.86. The molecule has 1 aromatic rings. The molecule has 3 rings (SSSR count). The van der Waals surface area contributed by atoms with Gasteiger partial charge >= 0.3 is 0 Å². The lowest BCUT2D eigenvalue weighted by Crippen LogP contribution is -2.40. The van der Waals surface area contributed by atoms with E-state index in [-0.39, 0.29) is 31.6 Å². The number of hydrogen-bond acceptors (Lipinski definition) is 4. The summed E-state index contributed by atoms with van der Waals surface area (Å²) in [5.74, 6) is -0.290. The lowest BCUT2D eigenvalue weighted by atomic mass is 9.84. The quantitative estimate of drug-likeness (QED) is 0.800. The summed E-state index contributed by atoms with van der Waals surface area (Å²) in [7, 11) is 0. The van der Waals surface area contributed by atoms with Gasteiger partial charge in [0.25, 0.3) is 0 Å². The number of benzene rings is 1. The van der Waals surface area contributed by atoms with Gasteiger partial charge in [0.1, 0.15) is 0 Å². The number of carbonyl (C=O) groups excluding carboxylic acids is 2. The largest absolute Gasteiger partial charge is 0.389 e. The molecule has 1 spiro atoms. The lowest BCUT2D eigenvalue weighted by molar-refractivity contribution is -0.143. The van der Waals surface area contributed by atoms with Gasteiger partial charge < -0.3 is 9.84 Å². The summed E-state index contributed by atoms with van der Waals surface area (Å²) >= 11 is 6.04. The monoisotopic (exact) mass is 351 g/mol. The first-order chi connectivity index (χ1) is 11.5. The molecule has 1 N–H and O–H groups in total. The van der Waals surface area contributed by atoms with Gasteiger partial charge in [-0.3, -0.25) is 14.5 Å². The van der Waals surface area contributed by atoms with Gasteiger partial charge in [0.05, 0.1) is 31.3 Å². The number of likely N-dealkylation sites (tertiary alicyclic amines) is 1. The Morgan fingerprint density at radius 1 is 1.25 bits per heavy atom. The Morgan fingerprint density at radius 2 is 1.96 bits per heavy atom. The fourth-order valence-electron chi connectivity index (χ4n) is 3.67. The smallest absolute Gasteiger partial charge is 0.235 e. The number of rotatable bonds is 6. The van der Waals surface area contributed by atoms with E-state index >= 15 is 0 Å². The summed E-state index contributed by atoms with van der Waals surface area (Å²) in [5.41, 5.74) is 0.347. The van der Waals surface area contributed by atoms with Crippen LogP contribution in [0.1, 0.15) is 37.7 Å². The van der Waals surface area contributed by atoms with E-state index in [0.717, 1.165) is 31.2 Å². The van der Waals surface area contributed by atoms with Gasteiger partial charge in [0.2, 0.25) is 11.8 Å². The van der Waals surface area contributed by atoms with Crippen LogP contribution in [-0.2, 0) is 20.9 Å². The van der Waals surface area contributed by atoms with Gasteiger partial charge in [-0.25, -0.2) is 0 Å². The van der Waals surface area contributed by atoms with Crippen LogP contribution in [0.4, 0.5) is 0 Å². The minimum absolute atomic E-state index is 0.00192. The number of aliphatic hydroxyl groups excluding tert-OH is 1. The molecule has 1 saturated heterocycles. The van der Waals surface area contributed by atoms with Gasteiger partial charge in [-0.15, -0.1) is 0 Å². The van der Waals surface area contributed by atoms with E-state index < -0.39 is 11.5 Å². The van der Waals surface area contributed by atoms with Gasteiger partial charge in [0.15, 0.2) is 0 Å². The summed E-state index contributed by atoms with van der Waals surface area (Å²) in [6.07, 6.45) is 2.96. The normalized spacial score (nSPS) is 21.0. The van der Waals surface area contributed by atoms with Crippen molar-refractivity contribution in [1.82, 2.24) is 4.90 Å². The molecule has 0 unspecified atom stereocenters. The van der Waals surface area contributed by atoms with E-state index in [1.54, 1.807) is 6.07 Å². The second kappa shape index (κ2) is 7.21.